The second-order valence-electron chi connectivity index (χ2n) is 5.16. The Hall–Kier alpha value is -1.91. The van der Waals surface area contributed by atoms with Gasteiger partial charge in [0.05, 0.1) is 7.11 Å². The molecule has 0 amide bonds. The maximum absolute atomic E-state index is 13.5. The first-order chi connectivity index (χ1) is 10.1. The predicted molar refractivity (Wildman–Crippen MR) is 82.5 cm³/mol. The highest BCUT2D eigenvalue weighted by molar-refractivity contribution is 5.33. The van der Waals surface area contributed by atoms with Crippen LogP contribution in [0.25, 0.3) is 0 Å². The molecule has 21 heavy (non-hydrogen) atoms. The Balaban J connectivity index is 2.08. The molecule has 0 aliphatic rings. The molecular formula is C17H21FN2O. The Bertz CT molecular complexity index is 601. The van der Waals surface area contributed by atoms with Gasteiger partial charge in [0.1, 0.15) is 11.6 Å². The molecule has 0 saturated heterocycles. The van der Waals surface area contributed by atoms with Crippen LogP contribution in [0.3, 0.4) is 0 Å². The molecule has 2 N–H and O–H groups in total. The average Bonchev–Trinajstić information content (AvgIpc) is 2.47. The Kier molecular flexibility index (Phi) is 5.31. The van der Waals surface area contributed by atoms with Gasteiger partial charge in [-0.25, -0.2) is 4.39 Å². The van der Waals surface area contributed by atoms with Gasteiger partial charge in [0.2, 0.25) is 0 Å². The van der Waals surface area contributed by atoms with E-state index in [4.69, 9.17) is 10.5 Å². The minimum absolute atomic E-state index is 0.237. The van der Waals surface area contributed by atoms with Gasteiger partial charge in [0.15, 0.2) is 0 Å². The molecule has 0 spiro atoms. The van der Waals surface area contributed by atoms with Crippen LogP contribution in [0.5, 0.6) is 5.75 Å². The fourth-order valence-corrected chi connectivity index (χ4v) is 2.42. The highest BCUT2D eigenvalue weighted by atomic mass is 19.1. The van der Waals surface area contributed by atoms with E-state index < -0.39 is 0 Å². The van der Waals surface area contributed by atoms with Crippen LogP contribution in [-0.2, 0) is 19.6 Å². The molecular weight excluding hydrogens is 267 g/mol. The van der Waals surface area contributed by atoms with Gasteiger partial charge in [-0.3, -0.25) is 4.90 Å². The summed E-state index contributed by atoms with van der Waals surface area (Å²) in [5.41, 5.74) is 8.43. The molecule has 0 fully saturated rings. The third kappa shape index (κ3) is 4.28. The van der Waals surface area contributed by atoms with Crippen molar-refractivity contribution in [3.05, 3.63) is 65.0 Å². The average molecular weight is 288 g/mol. The normalized spacial score (nSPS) is 10.9. The summed E-state index contributed by atoms with van der Waals surface area (Å²) in [4.78, 5) is 2.12. The van der Waals surface area contributed by atoms with E-state index in [1.54, 1.807) is 13.2 Å². The largest absolute Gasteiger partial charge is 0.496 e. The summed E-state index contributed by atoms with van der Waals surface area (Å²) in [7, 11) is 3.67. The molecule has 2 aromatic carbocycles. The second kappa shape index (κ2) is 7.20. The van der Waals surface area contributed by atoms with E-state index in [0.717, 1.165) is 29.0 Å². The topological polar surface area (TPSA) is 38.5 Å². The van der Waals surface area contributed by atoms with Crippen LogP contribution >= 0.6 is 0 Å². The minimum Gasteiger partial charge on any atom is -0.496 e. The van der Waals surface area contributed by atoms with E-state index in [1.807, 2.05) is 37.4 Å². The van der Waals surface area contributed by atoms with Crippen LogP contribution in [0, 0.1) is 5.82 Å². The lowest BCUT2D eigenvalue weighted by Gasteiger charge is -2.19. The van der Waals surface area contributed by atoms with Crippen molar-refractivity contribution in [1.82, 2.24) is 4.90 Å². The summed E-state index contributed by atoms with van der Waals surface area (Å²) in [5.74, 6) is 0.630. The van der Waals surface area contributed by atoms with E-state index in [1.165, 1.54) is 6.07 Å². The molecule has 0 radical (unpaired) electrons. The molecule has 112 valence electrons. The Morgan fingerprint density at radius 3 is 2.52 bits per heavy atom. The number of nitrogens with two attached hydrogens (primary N) is 1. The first-order valence-electron chi connectivity index (χ1n) is 6.91. The van der Waals surface area contributed by atoms with Crippen molar-refractivity contribution >= 4 is 0 Å². The summed E-state index contributed by atoms with van der Waals surface area (Å²) < 4.78 is 18.9. The molecule has 0 saturated carbocycles. The lowest BCUT2D eigenvalue weighted by Crippen LogP contribution is -2.18. The molecule has 0 aliphatic carbocycles. The number of hydrogen-bond donors (Lipinski definition) is 1. The second-order valence-corrected chi connectivity index (χ2v) is 5.16. The number of methoxy groups -OCH3 is 1. The number of rotatable bonds is 6. The monoisotopic (exact) mass is 288 g/mol. The van der Waals surface area contributed by atoms with Crippen molar-refractivity contribution in [3.63, 3.8) is 0 Å². The van der Waals surface area contributed by atoms with E-state index in [2.05, 4.69) is 4.90 Å². The highest BCUT2D eigenvalue weighted by Gasteiger charge is 2.08. The zero-order valence-corrected chi connectivity index (χ0v) is 12.5. The van der Waals surface area contributed by atoms with Gasteiger partial charge in [0, 0.05) is 25.2 Å². The molecule has 0 atom stereocenters. The molecule has 2 rings (SSSR count). The van der Waals surface area contributed by atoms with Crippen LogP contribution in [-0.4, -0.2) is 19.1 Å². The number of nitrogens with zero attached hydrogens (tertiary/aromatic N) is 1. The zero-order valence-electron chi connectivity index (χ0n) is 12.5. The van der Waals surface area contributed by atoms with Crippen LogP contribution < -0.4 is 10.5 Å². The van der Waals surface area contributed by atoms with Crippen LogP contribution in [0.4, 0.5) is 4.39 Å². The Morgan fingerprint density at radius 2 is 1.81 bits per heavy atom. The number of para-hydroxylation sites is 1. The SMILES string of the molecule is COc1ccccc1CN(C)Cc1cc(F)cc(CN)c1. The van der Waals surface area contributed by atoms with E-state index >= 15 is 0 Å². The highest BCUT2D eigenvalue weighted by Crippen LogP contribution is 2.20. The third-order valence-electron chi connectivity index (χ3n) is 3.34. The first-order valence-corrected chi connectivity index (χ1v) is 6.91. The van der Waals surface area contributed by atoms with Crippen molar-refractivity contribution < 1.29 is 9.13 Å². The van der Waals surface area contributed by atoms with Gasteiger partial charge >= 0.3 is 0 Å². The zero-order chi connectivity index (χ0) is 15.2. The van der Waals surface area contributed by atoms with Gasteiger partial charge in [0.25, 0.3) is 0 Å². The van der Waals surface area contributed by atoms with Crippen molar-refractivity contribution in [2.24, 2.45) is 5.73 Å². The Morgan fingerprint density at radius 1 is 1.10 bits per heavy atom. The molecule has 4 heteroatoms. The summed E-state index contributed by atoms with van der Waals surface area (Å²) in [6.45, 7) is 1.74. The Labute approximate surface area is 125 Å². The van der Waals surface area contributed by atoms with Gasteiger partial charge in [-0.15, -0.1) is 0 Å². The summed E-state index contributed by atoms with van der Waals surface area (Å²) >= 11 is 0. The maximum atomic E-state index is 13.5. The van der Waals surface area contributed by atoms with Crippen molar-refractivity contribution in [2.45, 2.75) is 19.6 Å². The molecule has 0 aliphatic heterocycles. The minimum atomic E-state index is -0.237. The van der Waals surface area contributed by atoms with E-state index in [-0.39, 0.29) is 5.82 Å². The number of benzene rings is 2. The quantitative estimate of drug-likeness (QED) is 0.888. The lowest BCUT2D eigenvalue weighted by atomic mass is 10.1. The van der Waals surface area contributed by atoms with E-state index in [0.29, 0.717) is 13.1 Å². The van der Waals surface area contributed by atoms with Crippen LogP contribution in [0.15, 0.2) is 42.5 Å². The molecule has 3 nitrogen and oxygen atoms in total. The lowest BCUT2D eigenvalue weighted by molar-refractivity contribution is 0.309. The molecule has 0 heterocycles. The van der Waals surface area contributed by atoms with E-state index in [9.17, 15) is 4.39 Å². The van der Waals surface area contributed by atoms with Crippen molar-refractivity contribution in [2.75, 3.05) is 14.2 Å². The summed E-state index contributed by atoms with van der Waals surface area (Å²) in [6, 6.07) is 12.9. The molecule has 0 aromatic heterocycles. The van der Waals surface area contributed by atoms with Gasteiger partial charge < -0.3 is 10.5 Å². The number of hydrogen-bond acceptors (Lipinski definition) is 3. The van der Waals surface area contributed by atoms with Crippen molar-refractivity contribution in [3.8, 4) is 5.75 Å². The van der Waals surface area contributed by atoms with Crippen LogP contribution in [0.2, 0.25) is 0 Å². The first kappa shape index (κ1) is 15.5. The van der Waals surface area contributed by atoms with Gasteiger partial charge in [-0.05, 0) is 36.4 Å². The maximum Gasteiger partial charge on any atom is 0.123 e. The third-order valence-corrected chi connectivity index (χ3v) is 3.34. The molecule has 0 unspecified atom stereocenters. The fraction of sp³-hybridized carbons (Fsp3) is 0.294. The molecule has 0 bridgehead atoms. The van der Waals surface area contributed by atoms with Gasteiger partial charge in [-0.2, -0.15) is 0 Å². The number of ether oxygens (including phenoxy) is 1. The smallest absolute Gasteiger partial charge is 0.123 e. The standard InChI is InChI=1S/C17H21FN2O/c1-20(12-15-5-3-4-6-17(15)21-2)11-14-7-13(10-19)8-16(18)9-14/h3-9H,10-12,19H2,1-2H3. The van der Waals surface area contributed by atoms with Gasteiger partial charge in [-0.1, -0.05) is 24.3 Å². The molecule has 2 aromatic rings. The number of halogens is 1. The summed E-state index contributed by atoms with van der Waals surface area (Å²) in [5, 5.41) is 0. The predicted octanol–water partition coefficient (Wildman–Crippen LogP) is 2.93. The fourth-order valence-electron chi connectivity index (χ4n) is 2.42. The summed E-state index contributed by atoms with van der Waals surface area (Å²) in [6.07, 6.45) is 0. The van der Waals surface area contributed by atoms with Crippen LogP contribution in [0.1, 0.15) is 16.7 Å². The van der Waals surface area contributed by atoms with Crippen molar-refractivity contribution in [1.29, 1.82) is 0 Å².